The number of unbranched alkanes of at least 4 members (excludes halogenated alkanes) is 10. The van der Waals surface area contributed by atoms with Gasteiger partial charge in [0.05, 0.1) is 0 Å². The summed E-state index contributed by atoms with van der Waals surface area (Å²) in [4.78, 5) is 0. The molecule has 47 heavy (non-hydrogen) atoms. The molecule has 2 heteroatoms. The molecule has 4 rings (SSSR count). The number of benzene rings is 4. The summed E-state index contributed by atoms with van der Waals surface area (Å²) in [5.41, 5.74) is 25.3. The van der Waals surface area contributed by atoms with Gasteiger partial charge in [0.25, 0.3) is 0 Å². The van der Waals surface area contributed by atoms with Crippen molar-refractivity contribution < 1.29 is 0 Å². The summed E-state index contributed by atoms with van der Waals surface area (Å²) < 4.78 is 0. The molecule has 0 amide bonds. The lowest BCUT2D eigenvalue weighted by atomic mass is 9.91. The van der Waals surface area contributed by atoms with Gasteiger partial charge in [-0.3, -0.25) is 0 Å². The van der Waals surface area contributed by atoms with Crippen molar-refractivity contribution in [2.24, 2.45) is 0 Å². The Morgan fingerprint density at radius 2 is 0.702 bits per heavy atom. The summed E-state index contributed by atoms with van der Waals surface area (Å²) in [6, 6.07) is 31.5. The van der Waals surface area contributed by atoms with Gasteiger partial charge in [-0.1, -0.05) is 139 Å². The van der Waals surface area contributed by atoms with Gasteiger partial charge < -0.3 is 11.5 Å². The number of aryl methyl sites for hydroxylation is 4. The molecule has 0 heterocycles. The average molecular weight is 631 g/mol. The quantitative estimate of drug-likeness (QED) is 0.0670. The molecular weight excluding hydrogens is 569 g/mol. The maximum absolute atomic E-state index is 5.96. The van der Waals surface area contributed by atoms with Crippen LogP contribution in [0.5, 0.6) is 0 Å². The Hall–Kier alpha value is -3.52. The van der Waals surface area contributed by atoms with E-state index in [0.29, 0.717) is 0 Å². The zero-order chi connectivity index (χ0) is 33.1. The average Bonchev–Trinajstić information content (AvgIpc) is 3.08. The molecule has 0 saturated heterocycles. The maximum atomic E-state index is 5.96. The van der Waals surface area contributed by atoms with E-state index in [2.05, 4.69) is 74.5 Å². The molecule has 0 aromatic heterocycles. The first kappa shape index (κ1) is 36.3. The predicted octanol–water partition coefficient (Wildman–Crippen LogP) is 12.0. The molecule has 0 atom stereocenters. The van der Waals surface area contributed by atoms with Gasteiger partial charge in [-0.15, -0.1) is 0 Å². The highest BCUT2D eigenvalue weighted by Gasteiger charge is 2.09. The fourth-order valence-corrected chi connectivity index (χ4v) is 6.88. The van der Waals surface area contributed by atoms with Gasteiger partial charge in [-0.05, 0) is 127 Å². The van der Waals surface area contributed by atoms with Crippen LogP contribution in [-0.2, 0) is 38.5 Å². The second-order valence-corrected chi connectivity index (χ2v) is 13.9. The predicted molar refractivity (Wildman–Crippen MR) is 206 cm³/mol. The summed E-state index contributed by atoms with van der Waals surface area (Å²) in [6.07, 6.45) is 23.8. The van der Waals surface area contributed by atoms with Crippen LogP contribution in [0.1, 0.15) is 142 Å². The monoisotopic (exact) mass is 630 g/mol. The molecule has 2 nitrogen and oxygen atoms in total. The van der Waals surface area contributed by atoms with Crippen molar-refractivity contribution in [1.29, 1.82) is 0 Å². The van der Waals surface area contributed by atoms with Crippen LogP contribution >= 0.6 is 0 Å². The van der Waals surface area contributed by atoms with Gasteiger partial charge >= 0.3 is 0 Å². The molecule has 0 saturated carbocycles. The first-order chi connectivity index (χ1) is 23.0. The third-order valence-electron chi connectivity index (χ3n) is 9.82. The lowest BCUT2D eigenvalue weighted by Gasteiger charge is -2.14. The Morgan fingerprint density at radius 3 is 1.11 bits per heavy atom. The second kappa shape index (κ2) is 20.7. The number of rotatable bonds is 22. The molecule has 0 radical (unpaired) electrons. The highest BCUT2D eigenvalue weighted by atomic mass is 14.5. The highest BCUT2D eigenvalue weighted by molar-refractivity contribution is 5.44. The van der Waals surface area contributed by atoms with Crippen LogP contribution < -0.4 is 11.5 Å². The van der Waals surface area contributed by atoms with E-state index in [9.17, 15) is 0 Å². The van der Waals surface area contributed by atoms with E-state index in [1.165, 1.54) is 130 Å². The molecule has 0 bridgehead atoms. The Labute approximate surface area is 287 Å². The normalized spacial score (nSPS) is 11.3. The van der Waals surface area contributed by atoms with Gasteiger partial charge in [-0.2, -0.15) is 0 Å². The summed E-state index contributed by atoms with van der Waals surface area (Å²) in [5.74, 6) is 0. The van der Waals surface area contributed by atoms with Crippen LogP contribution in [0.25, 0.3) is 0 Å². The zero-order valence-electron chi connectivity index (χ0n) is 29.7. The van der Waals surface area contributed by atoms with E-state index in [1.807, 2.05) is 24.3 Å². The standard InChI is InChI=1S/C45H62N2/c1-3-5-7-9-11-13-18-40-32-36(20-26-42(40)34-38-22-28-44(46)29-23-38)16-15-17-37-21-27-43(35-39-24-30-45(47)31-25-39)41(33-37)19-14-12-10-8-6-4-2/h20-33H,3-19,34-35,46-47H2,1-2H3. The number of anilines is 2. The molecule has 0 aliphatic rings. The highest BCUT2D eigenvalue weighted by Crippen LogP contribution is 2.24. The van der Waals surface area contributed by atoms with E-state index in [-0.39, 0.29) is 0 Å². The van der Waals surface area contributed by atoms with Gasteiger partial charge in [-0.25, -0.2) is 0 Å². The minimum absolute atomic E-state index is 0.836. The van der Waals surface area contributed by atoms with Crippen molar-refractivity contribution in [3.8, 4) is 0 Å². The Morgan fingerprint density at radius 1 is 0.340 bits per heavy atom. The number of hydrogen-bond acceptors (Lipinski definition) is 2. The Balaban J connectivity index is 1.39. The van der Waals surface area contributed by atoms with Crippen LogP contribution in [0.2, 0.25) is 0 Å². The molecule has 4 N–H and O–H groups in total. The van der Waals surface area contributed by atoms with Crippen LogP contribution in [0, 0.1) is 0 Å². The number of nitrogen functional groups attached to an aromatic ring is 2. The molecule has 0 aliphatic heterocycles. The molecule has 0 unspecified atom stereocenters. The fourth-order valence-electron chi connectivity index (χ4n) is 6.88. The minimum Gasteiger partial charge on any atom is -0.399 e. The van der Waals surface area contributed by atoms with Crippen molar-refractivity contribution in [3.63, 3.8) is 0 Å². The molecule has 0 spiro atoms. The van der Waals surface area contributed by atoms with E-state index >= 15 is 0 Å². The summed E-state index contributed by atoms with van der Waals surface area (Å²) in [5, 5.41) is 0. The maximum Gasteiger partial charge on any atom is 0.0314 e. The van der Waals surface area contributed by atoms with Crippen molar-refractivity contribution in [2.75, 3.05) is 11.5 Å². The van der Waals surface area contributed by atoms with Gasteiger partial charge in [0.1, 0.15) is 0 Å². The third kappa shape index (κ3) is 13.3. The molecule has 4 aromatic carbocycles. The van der Waals surface area contributed by atoms with Crippen molar-refractivity contribution in [2.45, 2.75) is 136 Å². The zero-order valence-corrected chi connectivity index (χ0v) is 29.7. The van der Waals surface area contributed by atoms with Crippen LogP contribution in [-0.4, -0.2) is 0 Å². The van der Waals surface area contributed by atoms with Gasteiger partial charge in [0.15, 0.2) is 0 Å². The minimum atomic E-state index is 0.836. The largest absolute Gasteiger partial charge is 0.399 e. The molecule has 4 aromatic rings. The first-order valence-corrected chi connectivity index (χ1v) is 18.9. The molecule has 0 aliphatic carbocycles. The molecule has 0 fully saturated rings. The Kier molecular flexibility index (Phi) is 16.0. The second-order valence-electron chi connectivity index (χ2n) is 13.9. The molecule has 252 valence electrons. The van der Waals surface area contributed by atoms with E-state index in [4.69, 9.17) is 11.5 Å². The van der Waals surface area contributed by atoms with Crippen molar-refractivity contribution in [1.82, 2.24) is 0 Å². The topological polar surface area (TPSA) is 52.0 Å². The van der Waals surface area contributed by atoms with Gasteiger partial charge in [0, 0.05) is 11.4 Å². The van der Waals surface area contributed by atoms with Crippen LogP contribution in [0.3, 0.4) is 0 Å². The van der Waals surface area contributed by atoms with E-state index in [0.717, 1.165) is 37.1 Å². The fraction of sp³-hybridized carbons (Fsp3) is 0.467. The van der Waals surface area contributed by atoms with E-state index in [1.54, 1.807) is 11.1 Å². The lowest BCUT2D eigenvalue weighted by Crippen LogP contribution is -2.01. The summed E-state index contributed by atoms with van der Waals surface area (Å²) in [6.45, 7) is 4.59. The first-order valence-electron chi connectivity index (χ1n) is 18.9. The van der Waals surface area contributed by atoms with Crippen molar-refractivity contribution in [3.05, 3.63) is 129 Å². The Bertz CT molecular complexity index is 1320. The summed E-state index contributed by atoms with van der Waals surface area (Å²) >= 11 is 0. The van der Waals surface area contributed by atoms with Gasteiger partial charge in [0.2, 0.25) is 0 Å². The van der Waals surface area contributed by atoms with E-state index < -0.39 is 0 Å². The third-order valence-corrected chi connectivity index (χ3v) is 9.82. The SMILES string of the molecule is CCCCCCCCc1cc(CCCc2ccc(Cc3ccc(N)cc3)c(CCCCCCCC)c2)ccc1Cc1ccc(N)cc1. The number of hydrogen-bond donors (Lipinski definition) is 2. The van der Waals surface area contributed by atoms with Crippen LogP contribution in [0.4, 0.5) is 11.4 Å². The number of nitrogens with two attached hydrogens (primary N) is 2. The molecular formula is C45H62N2. The smallest absolute Gasteiger partial charge is 0.0314 e. The van der Waals surface area contributed by atoms with Crippen LogP contribution in [0.15, 0.2) is 84.9 Å². The lowest BCUT2D eigenvalue weighted by molar-refractivity contribution is 0.606. The summed E-state index contributed by atoms with van der Waals surface area (Å²) in [7, 11) is 0. The van der Waals surface area contributed by atoms with Crippen molar-refractivity contribution >= 4 is 11.4 Å².